The summed E-state index contributed by atoms with van der Waals surface area (Å²) in [5, 5.41) is 3.14. The van der Waals surface area contributed by atoms with Gasteiger partial charge in [0.1, 0.15) is 12.4 Å². The maximum absolute atomic E-state index is 12.7. The molecule has 0 aliphatic rings. The first-order valence-electron chi connectivity index (χ1n) is 5.02. The van der Waals surface area contributed by atoms with Gasteiger partial charge in [-0.05, 0) is 25.1 Å². The quantitative estimate of drug-likeness (QED) is 0.735. The lowest BCUT2D eigenvalue weighted by atomic mass is 10.3. The highest BCUT2D eigenvalue weighted by molar-refractivity contribution is 5.23. The molecule has 0 fully saturated rings. The van der Waals surface area contributed by atoms with Crippen LogP contribution in [0.15, 0.2) is 18.2 Å². The topological polar surface area (TPSA) is 21.3 Å². The Kier molecular flexibility index (Phi) is 5.04. The van der Waals surface area contributed by atoms with Crippen molar-refractivity contribution >= 4 is 0 Å². The third-order valence-corrected chi connectivity index (χ3v) is 1.87. The fourth-order valence-electron chi connectivity index (χ4n) is 1.11. The molecule has 1 aromatic rings. The van der Waals surface area contributed by atoms with E-state index in [9.17, 15) is 8.78 Å². The van der Waals surface area contributed by atoms with Gasteiger partial charge in [-0.15, -0.1) is 0 Å². The highest BCUT2D eigenvalue weighted by Crippen LogP contribution is 2.14. The molecule has 0 heterocycles. The molecule has 0 saturated heterocycles. The van der Waals surface area contributed by atoms with E-state index in [-0.39, 0.29) is 0 Å². The fraction of sp³-hybridized carbons (Fsp3) is 0.455. The minimum atomic E-state index is -0.881. The average Bonchev–Trinajstić information content (AvgIpc) is 2.23. The van der Waals surface area contributed by atoms with E-state index in [2.05, 4.69) is 12.2 Å². The van der Waals surface area contributed by atoms with Gasteiger partial charge in [0.25, 0.3) is 0 Å². The van der Waals surface area contributed by atoms with Gasteiger partial charge in [-0.1, -0.05) is 6.92 Å². The van der Waals surface area contributed by atoms with Crippen LogP contribution >= 0.6 is 0 Å². The van der Waals surface area contributed by atoms with Gasteiger partial charge < -0.3 is 10.1 Å². The van der Waals surface area contributed by atoms with Gasteiger partial charge in [0.15, 0.2) is 11.6 Å². The second kappa shape index (κ2) is 6.35. The Labute approximate surface area is 88.3 Å². The van der Waals surface area contributed by atoms with Gasteiger partial charge in [-0.25, -0.2) is 8.78 Å². The lowest BCUT2D eigenvalue weighted by Crippen LogP contribution is -2.21. The van der Waals surface area contributed by atoms with E-state index in [0.717, 1.165) is 25.1 Å². The van der Waals surface area contributed by atoms with E-state index in [1.165, 1.54) is 6.07 Å². The summed E-state index contributed by atoms with van der Waals surface area (Å²) in [6, 6.07) is 3.53. The predicted molar refractivity (Wildman–Crippen MR) is 55.0 cm³/mol. The summed E-state index contributed by atoms with van der Waals surface area (Å²) in [5.74, 6) is -1.38. The Hall–Kier alpha value is -1.16. The van der Waals surface area contributed by atoms with Crippen LogP contribution in [0.5, 0.6) is 5.75 Å². The van der Waals surface area contributed by atoms with Crippen molar-refractivity contribution in [3.8, 4) is 5.75 Å². The summed E-state index contributed by atoms with van der Waals surface area (Å²) >= 11 is 0. The highest BCUT2D eigenvalue weighted by Gasteiger charge is 2.02. The third-order valence-electron chi connectivity index (χ3n) is 1.87. The van der Waals surface area contributed by atoms with E-state index in [0.29, 0.717) is 18.9 Å². The van der Waals surface area contributed by atoms with E-state index >= 15 is 0 Å². The lowest BCUT2D eigenvalue weighted by molar-refractivity contribution is 0.311. The molecule has 1 rings (SSSR count). The second-order valence-corrected chi connectivity index (χ2v) is 3.17. The molecule has 0 radical (unpaired) electrons. The van der Waals surface area contributed by atoms with Crippen molar-refractivity contribution < 1.29 is 13.5 Å². The van der Waals surface area contributed by atoms with Crippen LogP contribution in [0.25, 0.3) is 0 Å². The Morgan fingerprint density at radius 2 is 2.00 bits per heavy atom. The number of nitrogens with one attached hydrogen (secondary N) is 1. The zero-order valence-electron chi connectivity index (χ0n) is 8.72. The lowest BCUT2D eigenvalue weighted by Gasteiger charge is -2.06. The van der Waals surface area contributed by atoms with Crippen LogP contribution in [0, 0.1) is 11.6 Å². The van der Waals surface area contributed by atoms with Crippen LogP contribution < -0.4 is 10.1 Å². The minimum Gasteiger partial charge on any atom is -0.492 e. The monoisotopic (exact) mass is 215 g/mol. The molecule has 1 aromatic carbocycles. The highest BCUT2D eigenvalue weighted by atomic mass is 19.2. The van der Waals surface area contributed by atoms with E-state index in [1.807, 2.05) is 0 Å². The fourth-order valence-corrected chi connectivity index (χ4v) is 1.11. The third kappa shape index (κ3) is 4.25. The van der Waals surface area contributed by atoms with Crippen LogP contribution in [0.1, 0.15) is 13.3 Å². The molecule has 0 saturated carbocycles. The van der Waals surface area contributed by atoms with Gasteiger partial charge >= 0.3 is 0 Å². The molecule has 4 heteroatoms. The Morgan fingerprint density at radius 1 is 1.20 bits per heavy atom. The summed E-state index contributed by atoms with van der Waals surface area (Å²) in [6.07, 6.45) is 1.06. The number of hydrogen-bond donors (Lipinski definition) is 1. The second-order valence-electron chi connectivity index (χ2n) is 3.17. The summed E-state index contributed by atoms with van der Waals surface area (Å²) in [6.45, 7) is 4.16. The van der Waals surface area contributed by atoms with Gasteiger partial charge in [-0.3, -0.25) is 0 Å². The smallest absolute Gasteiger partial charge is 0.162 e. The van der Waals surface area contributed by atoms with Gasteiger partial charge in [0.2, 0.25) is 0 Å². The molecule has 0 amide bonds. The normalized spacial score (nSPS) is 10.3. The molecule has 0 aliphatic heterocycles. The summed E-state index contributed by atoms with van der Waals surface area (Å²) in [7, 11) is 0. The van der Waals surface area contributed by atoms with E-state index < -0.39 is 11.6 Å². The zero-order valence-corrected chi connectivity index (χ0v) is 8.72. The largest absolute Gasteiger partial charge is 0.492 e. The summed E-state index contributed by atoms with van der Waals surface area (Å²) in [4.78, 5) is 0. The Balaban J connectivity index is 2.28. The minimum absolute atomic E-state index is 0.354. The van der Waals surface area contributed by atoms with Crippen molar-refractivity contribution in [1.29, 1.82) is 0 Å². The molecule has 15 heavy (non-hydrogen) atoms. The van der Waals surface area contributed by atoms with Crippen molar-refractivity contribution in [1.82, 2.24) is 5.32 Å². The molecule has 2 nitrogen and oxygen atoms in total. The van der Waals surface area contributed by atoms with Gasteiger partial charge in [-0.2, -0.15) is 0 Å². The number of ether oxygens (including phenoxy) is 1. The number of hydrogen-bond acceptors (Lipinski definition) is 2. The molecule has 84 valence electrons. The van der Waals surface area contributed by atoms with Crippen LogP contribution in [0.4, 0.5) is 8.78 Å². The first-order valence-corrected chi connectivity index (χ1v) is 5.02. The average molecular weight is 215 g/mol. The predicted octanol–water partition coefficient (Wildman–Crippen LogP) is 2.34. The van der Waals surface area contributed by atoms with Crippen molar-refractivity contribution in [3.63, 3.8) is 0 Å². The van der Waals surface area contributed by atoms with Crippen LogP contribution in [-0.2, 0) is 0 Å². The van der Waals surface area contributed by atoms with Gasteiger partial charge in [0, 0.05) is 12.6 Å². The summed E-state index contributed by atoms with van der Waals surface area (Å²) < 4.78 is 30.5. The maximum atomic E-state index is 12.7. The Bertz CT molecular complexity index is 305. The molecule has 0 bridgehead atoms. The van der Waals surface area contributed by atoms with E-state index in [1.54, 1.807) is 0 Å². The number of halogens is 2. The zero-order chi connectivity index (χ0) is 11.1. The standard InChI is InChI=1S/C11H15F2NO/c1-2-5-14-6-7-15-9-3-4-10(12)11(13)8-9/h3-4,8,14H,2,5-7H2,1H3. The molecular formula is C11H15F2NO. The molecule has 0 atom stereocenters. The van der Waals surface area contributed by atoms with Crippen LogP contribution in [0.2, 0.25) is 0 Å². The van der Waals surface area contributed by atoms with Crippen LogP contribution in [0.3, 0.4) is 0 Å². The first-order chi connectivity index (χ1) is 7.24. The SMILES string of the molecule is CCCNCCOc1ccc(F)c(F)c1. The molecule has 0 unspecified atom stereocenters. The Morgan fingerprint density at radius 3 is 2.67 bits per heavy atom. The van der Waals surface area contributed by atoms with Crippen LogP contribution in [-0.4, -0.2) is 19.7 Å². The van der Waals surface area contributed by atoms with Crippen molar-refractivity contribution in [2.24, 2.45) is 0 Å². The summed E-state index contributed by atoms with van der Waals surface area (Å²) in [5.41, 5.74) is 0. The molecule has 0 aliphatic carbocycles. The number of rotatable bonds is 6. The molecular weight excluding hydrogens is 200 g/mol. The maximum Gasteiger partial charge on any atom is 0.162 e. The van der Waals surface area contributed by atoms with Gasteiger partial charge in [0.05, 0.1) is 0 Å². The molecule has 0 aromatic heterocycles. The first kappa shape index (κ1) is 11.9. The van der Waals surface area contributed by atoms with Crippen molar-refractivity contribution in [2.45, 2.75) is 13.3 Å². The molecule has 1 N–H and O–H groups in total. The van der Waals surface area contributed by atoms with Crippen molar-refractivity contribution in [3.05, 3.63) is 29.8 Å². The number of benzene rings is 1. The molecule has 0 spiro atoms. The van der Waals surface area contributed by atoms with E-state index in [4.69, 9.17) is 4.74 Å². The van der Waals surface area contributed by atoms with Crippen molar-refractivity contribution in [2.75, 3.05) is 19.7 Å².